The lowest BCUT2D eigenvalue weighted by Crippen LogP contribution is -2.50. The van der Waals surface area contributed by atoms with Crippen molar-refractivity contribution in [2.45, 2.75) is 40.7 Å². The summed E-state index contributed by atoms with van der Waals surface area (Å²) in [5.74, 6) is 0.508. The summed E-state index contributed by atoms with van der Waals surface area (Å²) in [5.41, 5.74) is 7.30. The Kier molecular flexibility index (Phi) is 11.0. The molecule has 1 amide bonds. The van der Waals surface area contributed by atoms with Crippen LogP contribution >= 0.6 is 24.8 Å². The summed E-state index contributed by atoms with van der Waals surface area (Å²) >= 11 is 0. The van der Waals surface area contributed by atoms with Crippen LogP contribution in [0, 0.1) is 34.6 Å². The van der Waals surface area contributed by atoms with Crippen molar-refractivity contribution in [3.63, 3.8) is 0 Å². The van der Waals surface area contributed by atoms with Gasteiger partial charge in [-0.1, -0.05) is 29.8 Å². The van der Waals surface area contributed by atoms with Crippen molar-refractivity contribution in [1.29, 1.82) is 0 Å². The molecule has 7 nitrogen and oxygen atoms in total. The molecule has 1 unspecified atom stereocenters. The molecule has 1 aliphatic rings. The number of nitrogens with one attached hydrogen (secondary N) is 1. The number of β-amino-alcohol motifs (C(OH)–C–C–N with tert-alkyl or cyclic N) is 1. The quantitative estimate of drug-likeness (QED) is 0.464. The molecule has 0 saturated carbocycles. The summed E-state index contributed by atoms with van der Waals surface area (Å²) in [6.07, 6.45) is -0.633. The Balaban J connectivity index is 0.00000241. The number of amides is 1. The van der Waals surface area contributed by atoms with Gasteiger partial charge in [0.1, 0.15) is 11.5 Å². The summed E-state index contributed by atoms with van der Waals surface area (Å²) < 4.78 is 1.99. The Morgan fingerprint density at radius 1 is 0.973 bits per heavy atom. The normalized spacial score (nSPS) is 14.5. The Bertz CT molecular complexity index is 1190. The number of carbonyl (C=O) groups is 1. The molecule has 9 heteroatoms. The molecule has 2 heterocycles. The van der Waals surface area contributed by atoms with E-state index in [1.165, 1.54) is 22.4 Å². The van der Waals surface area contributed by atoms with Crippen molar-refractivity contribution in [3.8, 4) is 5.69 Å². The minimum Gasteiger partial charge on any atom is -0.390 e. The number of rotatable bonds is 7. The van der Waals surface area contributed by atoms with E-state index in [1.807, 2.05) is 49.6 Å². The van der Waals surface area contributed by atoms with Crippen molar-refractivity contribution in [2.75, 3.05) is 44.2 Å². The molecule has 1 aromatic heterocycles. The van der Waals surface area contributed by atoms with Gasteiger partial charge < -0.3 is 19.9 Å². The van der Waals surface area contributed by atoms with E-state index in [9.17, 15) is 9.90 Å². The number of hydrogen-bond donors (Lipinski definition) is 2. The number of aryl methyl sites for hydroxylation is 3. The van der Waals surface area contributed by atoms with Crippen LogP contribution in [0.5, 0.6) is 0 Å². The van der Waals surface area contributed by atoms with E-state index in [4.69, 9.17) is 0 Å². The van der Waals surface area contributed by atoms with Crippen LogP contribution in [0.4, 0.5) is 5.69 Å². The number of anilines is 1. The van der Waals surface area contributed by atoms with Crippen LogP contribution in [0.2, 0.25) is 0 Å². The number of benzene rings is 2. The highest BCUT2D eigenvalue weighted by Crippen LogP contribution is 2.24. The predicted octanol–water partition coefficient (Wildman–Crippen LogP) is 4.17. The standard InChI is InChI=1S/C28H37N5O2.2ClH/c1-19-9-11-24(12-10-19)33-22(4)27(30-23(33)5)28(35)29-17-25(34)18-31-13-15-32(16-14-31)26-8-6-7-20(2)21(26)3;;/h6-12,25,34H,13-18H2,1-5H3,(H,29,35);2*1H. The van der Waals surface area contributed by atoms with Crippen molar-refractivity contribution >= 4 is 36.4 Å². The summed E-state index contributed by atoms with van der Waals surface area (Å²) in [6, 6.07) is 14.6. The number of aliphatic hydroxyl groups excluding tert-OH is 1. The first-order valence-electron chi connectivity index (χ1n) is 12.4. The molecule has 37 heavy (non-hydrogen) atoms. The largest absolute Gasteiger partial charge is 0.390 e. The number of halogens is 2. The van der Waals surface area contributed by atoms with E-state index in [0.717, 1.165) is 43.4 Å². The molecule has 0 aliphatic carbocycles. The van der Waals surface area contributed by atoms with Gasteiger partial charge in [0.15, 0.2) is 0 Å². The minimum absolute atomic E-state index is 0. The Morgan fingerprint density at radius 3 is 2.27 bits per heavy atom. The topological polar surface area (TPSA) is 73.6 Å². The first kappa shape index (κ1) is 30.6. The van der Waals surface area contributed by atoms with Crippen molar-refractivity contribution in [1.82, 2.24) is 19.8 Å². The summed E-state index contributed by atoms with van der Waals surface area (Å²) in [5, 5.41) is 13.5. The van der Waals surface area contributed by atoms with Gasteiger partial charge in [-0.2, -0.15) is 0 Å². The zero-order valence-corrected chi connectivity index (χ0v) is 24.0. The van der Waals surface area contributed by atoms with E-state index in [0.29, 0.717) is 12.2 Å². The van der Waals surface area contributed by atoms with Crippen molar-refractivity contribution in [2.24, 2.45) is 0 Å². The van der Waals surface area contributed by atoms with Crippen LogP contribution in [0.25, 0.3) is 5.69 Å². The third-order valence-corrected chi connectivity index (χ3v) is 7.04. The van der Waals surface area contributed by atoms with Gasteiger partial charge in [0, 0.05) is 50.6 Å². The fraction of sp³-hybridized carbons (Fsp3) is 0.429. The van der Waals surface area contributed by atoms with E-state index in [1.54, 1.807) is 0 Å². The highest BCUT2D eigenvalue weighted by atomic mass is 35.5. The van der Waals surface area contributed by atoms with Crippen LogP contribution in [0.15, 0.2) is 42.5 Å². The first-order valence-corrected chi connectivity index (χ1v) is 12.4. The number of carbonyl (C=O) groups excluding carboxylic acids is 1. The predicted molar refractivity (Wildman–Crippen MR) is 155 cm³/mol. The van der Waals surface area contributed by atoms with E-state index < -0.39 is 6.10 Å². The molecular formula is C28H39Cl2N5O2. The van der Waals surface area contributed by atoms with E-state index in [-0.39, 0.29) is 37.3 Å². The Labute approximate surface area is 232 Å². The summed E-state index contributed by atoms with van der Waals surface area (Å²) in [4.78, 5) is 22.0. The maximum Gasteiger partial charge on any atom is 0.271 e. The molecule has 2 aromatic carbocycles. The molecule has 1 atom stereocenters. The van der Waals surface area contributed by atoms with Gasteiger partial charge in [-0.05, 0) is 63.9 Å². The molecule has 0 bridgehead atoms. The summed E-state index contributed by atoms with van der Waals surface area (Å²) in [6.45, 7) is 14.5. The lowest BCUT2D eigenvalue weighted by Gasteiger charge is -2.37. The molecule has 202 valence electrons. The van der Waals surface area contributed by atoms with Gasteiger partial charge in [0.25, 0.3) is 5.91 Å². The SMILES string of the molecule is Cc1ccc(-n2c(C)nc(C(=O)NCC(O)CN3CCN(c4cccc(C)c4C)CC3)c2C)cc1.Cl.Cl. The van der Waals surface area contributed by atoms with Gasteiger partial charge in [-0.25, -0.2) is 4.98 Å². The fourth-order valence-electron chi connectivity index (χ4n) is 4.84. The third-order valence-electron chi connectivity index (χ3n) is 7.04. The highest BCUT2D eigenvalue weighted by Gasteiger charge is 2.22. The van der Waals surface area contributed by atoms with Crippen molar-refractivity contribution < 1.29 is 9.90 Å². The van der Waals surface area contributed by atoms with Crippen LogP contribution < -0.4 is 10.2 Å². The Morgan fingerprint density at radius 2 is 1.62 bits per heavy atom. The zero-order chi connectivity index (χ0) is 25.1. The minimum atomic E-state index is -0.633. The lowest BCUT2D eigenvalue weighted by atomic mass is 10.1. The maximum absolute atomic E-state index is 12.9. The number of imidazole rings is 1. The molecule has 1 fully saturated rings. The fourth-order valence-corrected chi connectivity index (χ4v) is 4.84. The van der Waals surface area contributed by atoms with Gasteiger partial charge in [0.05, 0.1) is 11.8 Å². The highest BCUT2D eigenvalue weighted by molar-refractivity contribution is 5.93. The number of aromatic nitrogens is 2. The van der Waals surface area contributed by atoms with Crippen LogP contribution in [0.1, 0.15) is 38.7 Å². The first-order chi connectivity index (χ1) is 16.7. The molecule has 0 radical (unpaired) electrons. The zero-order valence-electron chi connectivity index (χ0n) is 22.3. The average molecular weight is 549 g/mol. The number of nitrogens with zero attached hydrogens (tertiary/aromatic N) is 4. The molecule has 3 aromatic rings. The summed E-state index contributed by atoms with van der Waals surface area (Å²) in [7, 11) is 0. The molecule has 1 saturated heterocycles. The second-order valence-corrected chi connectivity index (χ2v) is 9.63. The second-order valence-electron chi connectivity index (χ2n) is 9.63. The molecular weight excluding hydrogens is 509 g/mol. The van der Waals surface area contributed by atoms with Gasteiger partial charge in [-0.15, -0.1) is 24.8 Å². The van der Waals surface area contributed by atoms with Crippen LogP contribution in [-0.4, -0.2) is 70.8 Å². The third kappa shape index (κ3) is 7.05. The second kappa shape index (κ2) is 13.3. The van der Waals surface area contributed by atoms with E-state index in [2.05, 4.69) is 52.1 Å². The Hall–Kier alpha value is -2.58. The number of piperazine rings is 1. The van der Waals surface area contributed by atoms with Gasteiger partial charge in [0.2, 0.25) is 0 Å². The molecule has 1 aliphatic heterocycles. The van der Waals surface area contributed by atoms with Crippen LogP contribution in [0.3, 0.4) is 0 Å². The number of hydrogen-bond acceptors (Lipinski definition) is 5. The average Bonchev–Trinajstić information content (AvgIpc) is 3.14. The molecule has 0 spiro atoms. The maximum atomic E-state index is 12.9. The van der Waals surface area contributed by atoms with Crippen molar-refractivity contribution in [3.05, 3.63) is 76.4 Å². The molecule has 2 N–H and O–H groups in total. The van der Waals surface area contributed by atoms with Crippen LogP contribution in [-0.2, 0) is 0 Å². The van der Waals surface area contributed by atoms with Gasteiger partial charge >= 0.3 is 0 Å². The smallest absolute Gasteiger partial charge is 0.271 e. The lowest BCUT2D eigenvalue weighted by molar-refractivity contribution is 0.0847. The monoisotopic (exact) mass is 547 g/mol. The number of aliphatic hydroxyl groups is 1. The van der Waals surface area contributed by atoms with E-state index >= 15 is 0 Å². The molecule has 4 rings (SSSR count). The van der Waals surface area contributed by atoms with Gasteiger partial charge in [-0.3, -0.25) is 9.69 Å².